The maximum atomic E-state index is 11.6. The molecule has 0 fully saturated rings. The summed E-state index contributed by atoms with van der Waals surface area (Å²) in [4.78, 5) is 0.148. The van der Waals surface area contributed by atoms with Gasteiger partial charge in [0.25, 0.3) is 0 Å². The first-order chi connectivity index (χ1) is 6.59. The average molecular weight is 230 g/mol. The molecule has 0 aliphatic carbocycles. The molecule has 0 spiro atoms. The average Bonchev–Trinajstić information content (AvgIpc) is 2.19. The Morgan fingerprint density at radius 2 is 1.93 bits per heavy atom. The molecular formula is C9H8ClNO2S. The third-order valence-electron chi connectivity index (χ3n) is 1.66. The lowest BCUT2D eigenvalue weighted by molar-refractivity contribution is 0.592. The number of sulfone groups is 1. The number of hydrogen-bond acceptors (Lipinski definition) is 3. The summed E-state index contributed by atoms with van der Waals surface area (Å²) in [5.74, 6) is 0. The summed E-state index contributed by atoms with van der Waals surface area (Å²) in [6.45, 7) is 0. The van der Waals surface area contributed by atoms with E-state index in [1.165, 1.54) is 12.1 Å². The van der Waals surface area contributed by atoms with Crippen LogP contribution in [0.15, 0.2) is 35.2 Å². The van der Waals surface area contributed by atoms with Gasteiger partial charge in [-0.1, -0.05) is 18.2 Å². The maximum absolute atomic E-state index is 11.6. The van der Waals surface area contributed by atoms with E-state index >= 15 is 0 Å². The molecule has 1 atom stereocenters. The molecule has 74 valence electrons. The van der Waals surface area contributed by atoms with Crippen LogP contribution in [0, 0.1) is 11.3 Å². The van der Waals surface area contributed by atoms with Crippen LogP contribution >= 0.6 is 11.6 Å². The minimum absolute atomic E-state index is 0.148. The largest absolute Gasteiger partial charge is 0.222 e. The van der Waals surface area contributed by atoms with Crippen molar-refractivity contribution in [2.75, 3.05) is 0 Å². The Labute approximate surface area is 87.8 Å². The van der Waals surface area contributed by atoms with Crippen LogP contribution in [-0.2, 0) is 9.84 Å². The molecule has 0 N–H and O–H groups in total. The van der Waals surface area contributed by atoms with E-state index < -0.39 is 14.5 Å². The van der Waals surface area contributed by atoms with Gasteiger partial charge in [0.1, 0.15) is 0 Å². The normalized spacial score (nSPS) is 13.1. The molecule has 0 bridgehead atoms. The molecule has 0 aromatic heterocycles. The molecule has 0 saturated carbocycles. The molecule has 0 radical (unpaired) electrons. The summed E-state index contributed by atoms with van der Waals surface area (Å²) in [6, 6.07) is 9.60. The summed E-state index contributed by atoms with van der Waals surface area (Å²) in [5, 5.41) is 8.35. The summed E-state index contributed by atoms with van der Waals surface area (Å²) >= 11 is 5.60. The first-order valence-electron chi connectivity index (χ1n) is 3.89. The fraction of sp³-hybridized carbons (Fsp3) is 0.222. The molecule has 0 saturated heterocycles. The van der Waals surface area contributed by atoms with Gasteiger partial charge >= 0.3 is 0 Å². The number of rotatable bonds is 3. The molecule has 14 heavy (non-hydrogen) atoms. The molecule has 1 rings (SSSR count). The van der Waals surface area contributed by atoms with Crippen LogP contribution < -0.4 is 0 Å². The van der Waals surface area contributed by atoms with Crippen molar-refractivity contribution in [1.82, 2.24) is 0 Å². The Bertz CT molecular complexity index is 436. The van der Waals surface area contributed by atoms with E-state index in [1.807, 2.05) is 0 Å². The van der Waals surface area contributed by atoms with Crippen LogP contribution in [-0.4, -0.2) is 13.1 Å². The van der Waals surface area contributed by atoms with E-state index in [0.717, 1.165) is 0 Å². The van der Waals surface area contributed by atoms with Crippen LogP contribution in [0.4, 0.5) is 0 Å². The molecule has 0 heterocycles. The van der Waals surface area contributed by atoms with Gasteiger partial charge in [0.2, 0.25) is 0 Å². The highest BCUT2D eigenvalue weighted by Crippen LogP contribution is 2.20. The lowest BCUT2D eigenvalue weighted by Crippen LogP contribution is -2.14. The van der Waals surface area contributed by atoms with E-state index in [-0.39, 0.29) is 11.3 Å². The zero-order valence-electron chi connectivity index (χ0n) is 7.22. The minimum atomic E-state index is -3.56. The standard InChI is InChI=1S/C9H8ClNO2S/c10-9(6-7-11)14(12,13)8-4-2-1-3-5-8/h1-5,9H,6H2. The topological polar surface area (TPSA) is 57.9 Å². The van der Waals surface area contributed by atoms with Crippen LogP contribution in [0.3, 0.4) is 0 Å². The van der Waals surface area contributed by atoms with Gasteiger partial charge in [-0.15, -0.1) is 11.6 Å². The predicted octanol–water partition coefficient (Wildman–Crippen LogP) is 1.94. The molecule has 0 amide bonds. The van der Waals surface area contributed by atoms with Crippen molar-refractivity contribution < 1.29 is 8.42 Å². The summed E-state index contributed by atoms with van der Waals surface area (Å²) in [6.07, 6.45) is -0.210. The lowest BCUT2D eigenvalue weighted by Gasteiger charge is -2.06. The second-order valence-electron chi connectivity index (χ2n) is 2.63. The molecule has 0 aliphatic rings. The van der Waals surface area contributed by atoms with E-state index in [9.17, 15) is 8.42 Å². The van der Waals surface area contributed by atoms with E-state index in [4.69, 9.17) is 16.9 Å². The fourth-order valence-electron chi connectivity index (χ4n) is 0.939. The Kier molecular flexibility index (Phi) is 3.50. The molecule has 0 aliphatic heterocycles. The maximum Gasteiger partial charge on any atom is 0.196 e. The van der Waals surface area contributed by atoms with Crippen molar-refractivity contribution in [3.63, 3.8) is 0 Å². The van der Waals surface area contributed by atoms with E-state index in [2.05, 4.69) is 0 Å². The van der Waals surface area contributed by atoms with E-state index in [1.54, 1.807) is 24.3 Å². The van der Waals surface area contributed by atoms with Gasteiger partial charge in [-0.05, 0) is 12.1 Å². The van der Waals surface area contributed by atoms with Crippen LogP contribution in [0.1, 0.15) is 6.42 Å². The summed E-state index contributed by atoms with van der Waals surface area (Å²) in [5.41, 5.74) is 0. The molecule has 1 unspecified atom stereocenters. The van der Waals surface area contributed by atoms with Crippen molar-refractivity contribution in [2.24, 2.45) is 0 Å². The Hall–Kier alpha value is -1.05. The van der Waals surface area contributed by atoms with Gasteiger partial charge in [0.15, 0.2) is 14.5 Å². The summed E-state index contributed by atoms with van der Waals surface area (Å²) in [7, 11) is -3.56. The van der Waals surface area contributed by atoms with Gasteiger partial charge < -0.3 is 0 Å². The number of nitriles is 1. The predicted molar refractivity (Wildman–Crippen MR) is 53.5 cm³/mol. The molecule has 3 nitrogen and oxygen atoms in total. The second-order valence-corrected chi connectivity index (χ2v) is 5.55. The molecule has 1 aromatic carbocycles. The number of halogens is 1. The van der Waals surface area contributed by atoms with Crippen molar-refractivity contribution in [2.45, 2.75) is 16.0 Å². The Balaban J connectivity index is 3.05. The number of benzene rings is 1. The molecule has 1 aromatic rings. The highest BCUT2D eigenvalue weighted by Gasteiger charge is 2.24. The minimum Gasteiger partial charge on any atom is -0.222 e. The fourth-order valence-corrected chi connectivity index (χ4v) is 2.44. The number of alkyl halides is 1. The smallest absolute Gasteiger partial charge is 0.196 e. The summed E-state index contributed by atoms with van der Waals surface area (Å²) < 4.78 is 22.1. The SMILES string of the molecule is N#CCC(Cl)S(=O)(=O)c1ccccc1. The first kappa shape index (κ1) is 11.0. The van der Waals surface area contributed by atoms with Gasteiger partial charge in [0.05, 0.1) is 17.4 Å². The van der Waals surface area contributed by atoms with Crippen molar-refractivity contribution in [1.29, 1.82) is 5.26 Å². The highest BCUT2D eigenvalue weighted by molar-refractivity contribution is 7.93. The highest BCUT2D eigenvalue weighted by atomic mass is 35.5. The van der Waals surface area contributed by atoms with Gasteiger partial charge in [-0.25, -0.2) is 8.42 Å². The van der Waals surface area contributed by atoms with Gasteiger partial charge in [-0.3, -0.25) is 0 Å². The third-order valence-corrected chi connectivity index (χ3v) is 4.29. The van der Waals surface area contributed by atoms with Gasteiger partial charge in [0, 0.05) is 0 Å². The van der Waals surface area contributed by atoms with E-state index in [0.29, 0.717) is 0 Å². The molecular weight excluding hydrogens is 222 g/mol. The molecule has 5 heteroatoms. The van der Waals surface area contributed by atoms with Crippen molar-refractivity contribution >= 4 is 21.4 Å². The van der Waals surface area contributed by atoms with Gasteiger partial charge in [-0.2, -0.15) is 5.26 Å². The monoisotopic (exact) mass is 229 g/mol. The zero-order chi connectivity index (χ0) is 10.6. The Morgan fingerprint density at radius 3 is 2.43 bits per heavy atom. The first-order valence-corrected chi connectivity index (χ1v) is 5.87. The number of hydrogen-bond donors (Lipinski definition) is 0. The number of nitrogens with zero attached hydrogens (tertiary/aromatic N) is 1. The van der Waals surface area contributed by atoms with Crippen LogP contribution in [0.25, 0.3) is 0 Å². The Morgan fingerprint density at radius 1 is 1.36 bits per heavy atom. The quantitative estimate of drug-likeness (QED) is 0.745. The van der Waals surface area contributed by atoms with Crippen LogP contribution in [0.2, 0.25) is 0 Å². The van der Waals surface area contributed by atoms with Crippen LogP contribution in [0.5, 0.6) is 0 Å². The van der Waals surface area contributed by atoms with Crippen molar-refractivity contribution in [3.05, 3.63) is 30.3 Å². The van der Waals surface area contributed by atoms with Crippen molar-refractivity contribution in [3.8, 4) is 6.07 Å². The third kappa shape index (κ3) is 2.25. The lowest BCUT2D eigenvalue weighted by atomic mass is 10.4. The second kappa shape index (κ2) is 4.45. The zero-order valence-corrected chi connectivity index (χ0v) is 8.79.